The van der Waals surface area contributed by atoms with Crippen molar-refractivity contribution in [2.75, 3.05) is 19.6 Å². The molecule has 2 heteroatoms. The van der Waals surface area contributed by atoms with Gasteiger partial charge in [-0.2, -0.15) is 0 Å². The van der Waals surface area contributed by atoms with E-state index in [1.54, 1.807) is 0 Å². The fourth-order valence-electron chi connectivity index (χ4n) is 2.96. The molecule has 0 radical (unpaired) electrons. The van der Waals surface area contributed by atoms with Crippen LogP contribution < -0.4 is 0 Å². The van der Waals surface area contributed by atoms with E-state index in [4.69, 9.17) is 4.74 Å². The molecule has 0 amide bonds. The Bertz CT molecular complexity index is 341. The monoisotopic (exact) mass is 247 g/mol. The second kappa shape index (κ2) is 6.35. The largest absolute Gasteiger partial charge is 0.373 e. The quantitative estimate of drug-likeness (QED) is 0.811. The molecule has 3 atom stereocenters. The summed E-state index contributed by atoms with van der Waals surface area (Å²) in [7, 11) is 0. The summed E-state index contributed by atoms with van der Waals surface area (Å²) in [6.45, 7) is 10.0. The van der Waals surface area contributed by atoms with E-state index in [0.717, 1.165) is 13.1 Å². The first-order chi connectivity index (χ1) is 8.63. The van der Waals surface area contributed by atoms with Gasteiger partial charge >= 0.3 is 0 Å². The van der Waals surface area contributed by atoms with Gasteiger partial charge < -0.3 is 4.74 Å². The SMILES string of the molecule is CC(Cc1ccccc1)CN1C[C@@H](C)O[C@H](C)C1. The summed E-state index contributed by atoms with van der Waals surface area (Å²) in [6.07, 6.45) is 1.91. The summed E-state index contributed by atoms with van der Waals surface area (Å²) in [5.41, 5.74) is 1.44. The van der Waals surface area contributed by atoms with Gasteiger partial charge in [0.25, 0.3) is 0 Å². The van der Waals surface area contributed by atoms with Crippen molar-refractivity contribution in [2.24, 2.45) is 5.92 Å². The summed E-state index contributed by atoms with van der Waals surface area (Å²) in [5.74, 6) is 0.699. The van der Waals surface area contributed by atoms with E-state index >= 15 is 0 Å². The molecule has 0 N–H and O–H groups in total. The van der Waals surface area contributed by atoms with E-state index in [2.05, 4.69) is 56.0 Å². The Morgan fingerprint density at radius 3 is 2.39 bits per heavy atom. The molecule has 1 aliphatic heterocycles. The van der Waals surface area contributed by atoms with Gasteiger partial charge in [-0.3, -0.25) is 4.90 Å². The third-order valence-electron chi connectivity index (χ3n) is 3.49. The van der Waals surface area contributed by atoms with E-state index in [-0.39, 0.29) is 0 Å². The Hall–Kier alpha value is -0.860. The third-order valence-corrected chi connectivity index (χ3v) is 3.49. The predicted molar refractivity (Wildman–Crippen MR) is 75.8 cm³/mol. The van der Waals surface area contributed by atoms with Crippen LogP contribution in [0.1, 0.15) is 26.3 Å². The minimum absolute atomic E-state index is 0.373. The van der Waals surface area contributed by atoms with Crippen LogP contribution in [0.3, 0.4) is 0 Å². The molecule has 0 aliphatic carbocycles. The average Bonchev–Trinajstić information content (AvgIpc) is 2.28. The van der Waals surface area contributed by atoms with Gasteiger partial charge in [0.15, 0.2) is 0 Å². The normalized spacial score (nSPS) is 27.1. The standard InChI is InChI=1S/C16H25NO/c1-13(9-16-7-5-4-6-8-16)10-17-11-14(2)18-15(3)12-17/h4-8,13-15H,9-12H2,1-3H3/t13?,14-,15-/m1/s1. The van der Waals surface area contributed by atoms with Gasteiger partial charge in [-0.15, -0.1) is 0 Å². The molecule has 1 aromatic rings. The lowest BCUT2D eigenvalue weighted by Gasteiger charge is -2.36. The van der Waals surface area contributed by atoms with E-state index in [1.807, 2.05) is 0 Å². The van der Waals surface area contributed by atoms with Crippen molar-refractivity contribution in [1.82, 2.24) is 4.90 Å². The molecule has 2 rings (SSSR count). The molecule has 0 spiro atoms. The lowest BCUT2D eigenvalue weighted by Crippen LogP contribution is -2.47. The van der Waals surface area contributed by atoms with Crippen LogP contribution in [0.5, 0.6) is 0 Å². The molecule has 1 aliphatic rings. The van der Waals surface area contributed by atoms with Crippen molar-refractivity contribution in [3.05, 3.63) is 35.9 Å². The Morgan fingerprint density at radius 2 is 1.78 bits per heavy atom. The molecule has 2 nitrogen and oxygen atoms in total. The maximum atomic E-state index is 5.77. The Balaban J connectivity index is 1.82. The minimum Gasteiger partial charge on any atom is -0.373 e. The maximum Gasteiger partial charge on any atom is 0.0678 e. The minimum atomic E-state index is 0.373. The van der Waals surface area contributed by atoms with E-state index in [1.165, 1.54) is 18.5 Å². The Morgan fingerprint density at radius 1 is 1.17 bits per heavy atom. The number of hydrogen-bond donors (Lipinski definition) is 0. The lowest BCUT2D eigenvalue weighted by atomic mass is 10.00. The van der Waals surface area contributed by atoms with Gasteiger partial charge in [0.05, 0.1) is 12.2 Å². The fourth-order valence-corrected chi connectivity index (χ4v) is 2.96. The van der Waals surface area contributed by atoms with E-state index in [0.29, 0.717) is 18.1 Å². The molecular formula is C16H25NO. The zero-order valence-electron chi connectivity index (χ0n) is 11.8. The summed E-state index contributed by atoms with van der Waals surface area (Å²) in [5, 5.41) is 0. The maximum absolute atomic E-state index is 5.77. The molecule has 100 valence electrons. The van der Waals surface area contributed by atoms with Gasteiger partial charge in [0.2, 0.25) is 0 Å². The van der Waals surface area contributed by atoms with Crippen LogP contribution in [0.15, 0.2) is 30.3 Å². The van der Waals surface area contributed by atoms with Crippen molar-refractivity contribution < 1.29 is 4.74 Å². The summed E-state index contributed by atoms with van der Waals surface area (Å²) in [6, 6.07) is 10.8. The number of nitrogens with zero attached hydrogens (tertiary/aromatic N) is 1. The van der Waals surface area contributed by atoms with Crippen LogP contribution in [-0.2, 0) is 11.2 Å². The zero-order chi connectivity index (χ0) is 13.0. The fraction of sp³-hybridized carbons (Fsp3) is 0.625. The molecule has 1 fully saturated rings. The van der Waals surface area contributed by atoms with Crippen LogP contribution in [0, 0.1) is 5.92 Å². The van der Waals surface area contributed by atoms with Crippen LogP contribution >= 0.6 is 0 Å². The number of hydrogen-bond acceptors (Lipinski definition) is 2. The molecule has 0 aromatic heterocycles. The molecule has 1 unspecified atom stereocenters. The molecule has 1 aromatic carbocycles. The molecule has 1 saturated heterocycles. The highest BCUT2D eigenvalue weighted by atomic mass is 16.5. The lowest BCUT2D eigenvalue weighted by molar-refractivity contribution is -0.0708. The third kappa shape index (κ3) is 4.11. The van der Waals surface area contributed by atoms with Crippen molar-refractivity contribution >= 4 is 0 Å². The molecule has 0 bridgehead atoms. The first-order valence-corrected chi connectivity index (χ1v) is 7.05. The van der Waals surface area contributed by atoms with Gasteiger partial charge in [0, 0.05) is 19.6 Å². The van der Waals surface area contributed by atoms with E-state index < -0.39 is 0 Å². The van der Waals surface area contributed by atoms with Crippen molar-refractivity contribution in [3.63, 3.8) is 0 Å². The predicted octanol–water partition coefficient (Wildman–Crippen LogP) is 2.97. The summed E-state index contributed by atoms with van der Waals surface area (Å²) in [4.78, 5) is 2.55. The van der Waals surface area contributed by atoms with Crippen molar-refractivity contribution in [2.45, 2.75) is 39.4 Å². The van der Waals surface area contributed by atoms with Gasteiger partial charge in [0.1, 0.15) is 0 Å². The van der Waals surface area contributed by atoms with Gasteiger partial charge in [-0.1, -0.05) is 37.3 Å². The average molecular weight is 247 g/mol. The molecule has 0 saturated carbocycles. The second-order valence-corrected chi connectivity index (χ2v) is 5.77. The van der Waals surface area contributed by atoms with Gasteiger partial charge in [-0.05, 0) is 31.7 Å². The molecule has 1 heterocycles. The molecular weight excluding hydrogens is 222 g/mol. The first-order valence-electron chi connectivity index (χ1n) is 7.05. The number of morpholine rings is 1. The summed E-state index contributed by atoms with van der Waals surface area (Å²) >= 11 is 0. The highest BCUT2D eigenvalue weighted by Crippen LogP contribution is 2.15. The number of ether oxygens (including phenoxy) is 1. The van der Waals surface area contributed by atoms with E-state index in [9.17, 15) is 0 Å². The van der Waals surface area contributed by atoms with Gasteiger partial charge in [-0.25, -0.2) is 0 Å². The van der Waals surface area contributed by atoms with Crippen molar-refractivity contribution in [3.8, 4) is 0 Å². The van der Waals surface area contributed by atoms with Crippen LogP contribution in [-0.4, -0.2) is 36.7 Å². The Labute approximate surface area is 111 Å². The smallest absolute Gasteiger partial charge is 0.0678 e. The zero-order valence-corrected chi connectivity index (χ0v) is 11.8. The second-order valence-electron chi connectivity index (χ2n) is 5.77. The number of benzene rings is 1. The van der Waals surface area contributed by atoms with Crippen LogP contribution in [0.25, 0.3) is 0 Å². The topological polar surface area (TPSA) is 12.5 Å². The first kappa shape index (κ1) is 13.6. The van der Waals surface area contributed by atoms with Crippen LogP contribution in [0.2, 0.25) is 0 Å². The molecule has 18 heavy (non-hydrogen) atoms. The number of rotatable bonds is 4. The van der Waals surface area contributed by atoms with Crippen LogP contribution in [0.4, 0.5) is 0 Å². The van der Waals surface area contributed by atoms with Crippen molar-refractivity contribution in [1.29, 1.82) is 0 Å². The summed E-state index contributed by atoms with van der Waals surface area (Å²) < 4.78 is 5.77. The highest BCUT2D eigenvalue weighted by Gasteiger charge is 2.23. The Kier molecular flexibility index (Phi) is 4.79. The highest BCUT2D eigenvalue weighted by molar-refractivity contribution is 5.15.